The van der Waals surface area contributed by atoms with Crippen LogP contribution in [-0.4, -0.2) is 16.6 Å². The van der Waals surface area contributed by atoms with Crippen molar-refractivity contribution < 1.29 is 17.9 Å². The van der Waals surface area contributed by atoms with Crippen molar-refractivity contribution in [3.63, 3.8) is 0 Å². The van der Waals surface area contributed by atoms with E-state index < -0.39 is 11.9 Å². The third-order valence-electron chi connectivity index (χ3n) is 2.44. The molecule has 0 saturated carbocycles. The Morgan fingerprint density at radius 2 is 1.95 bits per heavy atom. The Morgan fingerprint density at radius 1 is 1.29 bits per heavy atom. The monoisotopic (exact) mass is 319 g/mol. The van der Waals surface area contributed by atoms with Crippen LogP contribution in [0.4, 0.5) is 18.9 Å². The van der Waals surface area contributed by atoms with Crippen molar-refractivity contribution in [3.8, 4) is 5.75 Å². The van der Waals surface area contributed by atoms with Crippen molar-refractivity contribution >= 4 is 17.3 Å². The quantitative estimate of drug-likeness (QED) is 0.909. The maximum absolute atomic E-state index is 12.0. The van der Waals surface area contributed by atoms with Crippen LogP contribution in [0.3, 0.4) is 0 Å². The number of benzene rings is 1. The maximum Gasteiger partial charge on any atom is 0.573 e. The van der Waals surface area contributed by atoms with E-state index >= 15 is 0 Å². The Labute approximate surface area is 121 Å². The lowest BCUT2D eigenvalue weighted by molar-refractivity contribution is -0.274. The highest BCUT2D eigenvalue weighted by Crippen LogP contribution is 2.23. The minimum Gasteiger partial charge on any atom is -0.406 e. The van der Waals surface area contributed by atoms with Gasteiger partial charge in [0.25, 0.3) is 5.56 Å². The molecule has 2 aromatic rings. The van der Waals surface area contributed by atoms with E-state index in [-0.39, 0.29) is 17.3 Å². The molecule has 0 aliphatic carbocycles. The molecule has 21 heavy (non-hydrogen) atoms. The summed E-state index contributed by atoms with van der Waals surface area (Å²) in [6.07, 6.45) is -3.38. The van der Waals surface area contributed by atoms with E-state index in [2.05, 4.69) is 20.3 Å². The minimum absolute atomic E-state index is 0.0398. The van der Waals surface area contributed by atoms with Gasteiger partial charge in [0.1, 0.15) is 10.8 Å². The highest BCUT2D eigenvalue weighted by atomic mass is 35.5. The Kier molecular flexibility index (Phi) is 4.37. The molecule has 0 fully saturated rings. The summed E-state index contributed by atoms with van der Waals surface area (Å²) in [5, 5.41) is 8.57. The van der Waals surface area contributed by atoms with E-state index in [1.54, 1.807) is 0 Å². The van der Waals surface area contributed by atoms with Gasteiger partial charge in [-0.1, -0.05) is 23.7 Å². The fourth-order valence-corrected chi connectivity index (χ4v) is 1.67. The van der Waals surface area contributed by atoms with Gasteiger partial charge in [-0.25, -0.2) is 5.10 Å². The topological polar surface area (TPSA) is 67.0 Å². The van der Waals surface area contributed by atoms with Gasteiger partial charge >= 0.3 is 6.36 Å². The molecule has 0 saturated heterocycles. The summed E-state index contributed by atoms with van der Waals surface area (Å²) < 4.78 is 39.8. The fraction of sp³-hybridized carbons (Fsp3) is 0.167. The Balaban J connectivity index is 2.01. The lowest BCUT2D eigenvalue weighted by atomic mass is 10.2. The van der Waals surface area contributed by atoms with Crippen molar-refractivity contribution in [2.24, 2.45) is 0 Å². The second kappa shape index (κ2) is 6.04. The summed E-state index contributed by atoms with van der Waals surface area (Å²) in [5.41, 5.74) is 0.479. The van der Waals surface area contributed by atoms with E-state index in [4.69, 9.17) is 11.6 Å². The molecular formula is C12H9ClF3N3O2. The smallest absolute Gasteiger partial charge is 0.406 e. The molecule has 0 spiro atoms. The molecule has 0 bridgehead atoms. The van der Waals surface area contributed by atoms with E-state index in [9.17, 15) is 18.0 Å². The number of aromatic amines is 1. The van der Waals surface area contributed by atoms with Crippen molar-refractivity contribution in [3.05, 3.63) is 51.4 Å². The van der Waals surface area contributed by atoms with E-state index in [1.165, 1.54) is 30.5 Å². The summed E-state index contributed by atoms with van der Waals surface area (Å²) >= 11 is 5.77. The second-order valence-electron chi connectivity index (χ2n) is 3.97. The van der Waals surface area contributed by atoms with Crippen molar-refractivity contribution in [2.75, 3.05) is 5.32 Å². The normalized spacial score (nSPS) is 11.2. The number of aromatic nitrogens is 2. The summed E-state index contributed by atoms with van der Waals surface area (Å²) in [5.74, 6) is -0.304. The summed E-state index contributed by atoms with van der Waals surface area (Å²) in [4.78, 5) is 11.2. The van der Waals surface area contributed by atoms with Gasteiger partial charge < -0.3 is 10.1 Å². The van der Waals surface area contributed by atoms with Gasteiger partial charge in [-0.2, -0.15) is 5.10 Å². The number of H-pyrrole nitrogens is 1. The molecular weight excluding hydrogens is 311 g/mol. The molecule has 0 amide bonds. The number of rotatable bonds is 4. The number of nitrogens with zero attached hydrogens (tertiary/aromatic N) is 1. The number of ether oxygens (including phenoxy) is 1. The van der Waals surface area contributed by atoms with E-state index in [0.717, 1.165) is 0 Å². The molecule has 5 nitrogen and oxygen atoms in total. The standard InChI is InChI=1S/C12H9ClF3N3O2/c13-10-9(6-18-19-11(10)20)17-5-7-1-3-8(4-2-7)21-12(14,15)16/h1-4,6H,5H2,(H2,17,19,20). The van der Waals surface area contributed by atoms with Crippen LogP contribution in [0.1, 0.15) is 5.56 Å². The zero-order valence-corrected chi connectivity index (χ0v) is 11.1. The highest BCUT2D eigenvalue weighted by Gasteiger charge is 2.30. The third kappa shape index (κ3) is 4.38. The maximum atomic E-state index is 12.0. The van der Waals surface area contributed by atoms with Gasteiger partial charge in [-0.15, -0.1) is 13.2 Å². The van der Waals surface area contributed by atoms with Crippen LogP contribution in [0, 0.1) is 0 Å². The molecule has 112 valence electrons. The molecule has 0 radical (unpaired) electrons. The first-order valence-corrected chi connectivity index (χ1v) is 6.05. The van der Waals surface area contributed by atoms with Crippen molar-refractivity contribution in [2.45, 2.75) is 12.9 Å². The molecule has 2 rings (SSSR count). The number of anilines is 1. The van der Waals surface area contributed by atoms with Gasteiger partial charge in [-0.3, -0.25) is 4.79 Å². The highest BCUT2D eigenvalue weighted by molar-refractivity contribution is 6.32. The molecule has 0 unspecified atom stereocenters. The molecule has 1 heterocycles. The number of alkyl halides is 3. The predicted octanol–water partition coefficient (Wildman–Crippen LogP) is 2.93. The SMILES string of the molecule is O=c1[nH]ncc(NCc2ccc(OC(F)(F)F)cc2)c1Cl. The number of halogens is 4. The first-order chi connectivity index (χ1) is 9.85. The molecule has 1 aromatic heterocycles. The van der Waals surface area contributed by atoms with Crippen LogP contribution >= 0.6 is 11.6 Å². The first kappa shape index (κ1) is 15.2. The van der Waals surface area contributed by atoms with Crippen LogP contribution in [0.15, 0.2) is 35.3 Å². The molecule has 9 heteroatoms. The molecule has 2 N–H and O–H groups in total. The van der Waals surface area contributed by atoms with Gasteiger partial charge in [0, 0.05) is 6.54 Å². The average Bonchev–Trinajstić information content (AvgIpc) is 2.40. The van der Waals surface area contributed by atoms with Gasteiger partial charge in [-0.05, 0) is 17.7 Å². The van der Waals surface area contributed by atoms with Crippen molar-refractivity contribution in [1.82, 2.24) is 10.2 Å². The van der Waals surface area contributed by atoms with E-state index in [0.29, 0.717) is 11.3 Å². The number of hydrogen-bond acceptors (Lipinski definition) is 4. The van der Waals surface area contributed by atoms with Gasteiger partial charge in [0.05, 0.1) is 11.9 Å². The zero-order chi connectivity index (χ0) is 15.5. The number of nitrogens with one attached hydrogen (secondary N) is 2. The largest absolute Gasteiger partial charge is 0.573 e. The van der Waals surface area contributed by atoms with E-state index in [1.807, 2.05) is 0 Å². The summed E-state index contributed by atoms with van der Waals surface area (Å²) in [7, 11) is 0. The van der Waals surface area contributed by atoms with Crippen LogP contribution < -0.4 is 15.6 Å². The fourth-order valence-electron chi connectivity index (χ4n) is 1.51. The molecule has 0 aliphatic rings. The molecule has 1 aromatic carbocycles. The van der Waals surface area contributed by atoms with Crippen molar-refractivity contribution in [1.29, 1.82) is 0 Å². The molecule has 0 aliphatic heterocycles. The predicted molar refractivity (Wildman–Crippen MR) is 70.3 cm³/mol. The Bertz CT molecular complexity index is 671. The first-order valence-electron chi connectivity index (χ1n) is 5.67. The third-order valence-corrected chi connectivity index (χ3v) is 2.81. The van der Waals surface area contributed by atoms with Crippen LogP contribution in [0.2, 0.25) is 5.02 Å². The summed E-state index contributed by atoms with van der Waals surface area (Å²) in [6, 6.07) is 5.31. The van der Waals surface area contributed by atoms with Gasteiger partial charge in [0.15, 0.2) is 0 Å². The van der Waals surface area contributed by atoms with Crippen LogP contribution in [0.5, 0.6) is 5.75 Å². The summed E-state index contributed by atoms with van der Waals surface area (Å²) in [6.45, 7) is 0.261. The Morgan fingerprint density at radius 3 is 2.57 bits per heavy atom. The van der Waals surface area contributed by atoms with Crippen LogP contribution in [-0.2, 0) is 6.54 Å². The van der Waals surface area contributed by atoms with Crippen LogP contribution in [0.25, 0.3) is 0 Å². The zero-order valence-electron chi connectivity index (χ0n) is 10.4. The second-order valence-corrected chi connectivity index (χ2v) is 4.35. The van der Waals surface area contributed by atoms with Gasteiger partial charge in [0.2, 0.25) is 0 Å². The minimum atomic E-state index is -4.72. The lowest BCUT2D eigenvalue weighted by Gasteiger charge is -2.10. The Hall–Kier alpha value is -2.22. The lowest BCUT2D eigenvalue weighted by Crippen LogP contribution is -2.17. The number of hydrogen-bond donors (Lipinski definition) is 2. The molecule has 0 atom stereocenters. The average molecular weight is 320 g/mol.